The Kier molecular flexibility index (Phi) is 6.07. The number of hydrogen-bond donors (Lipinski definition) is 0. The average molecular weight is 449 g/mol. The summed E-state index contributed by atoms with van der Waals surface area (Å²) in [6.07, 6.45) is -0.537. The first-order chi connectivity index (χ1) is 16.0. The van der Waals surface area contributed by atoms with Gasteiger partial charge >= 0.3 is 6.18 Å². The van der Waals surface area contributed by atoms with Gasteiger partial charge in [0, 0.05) is 18.2 Å². The van der Waals surface area contributed by atoms with Crippen molar-refractivity contribution < 1.29 is 13.2 Å². The molecule has 170 valence electrons. The van der Waals surface area contributed by atoms with E-state index in [1.165, 1.54) is 23.3 Å². The number of rotatable bonds is 5. The van der Waals surface area contributed by atoms with Crippen LogP contribution in [0.1, 0.15) is 41.0 Å². The molecule has 3 aliphatic heterocycles. The third-order valence-electron chi connectivity index (χ3n) is 7.10. The molecule has 0 radical (unpaired) electrons. The number of hydrogen-bond acceptors (Lipinski definition) is 2. The molecule has 3 aromatic rings. The minimum Gasteiger partial charge on any atom is -0.297 e. The third kappa shape index (κ3) is 4.60. The second-order valence-electron chi connectivity index (χ2n) is 9.06. The fourth-order valence-corrected chi connectivity index (χ4v) is 5.55. The zero-order valence-electron chi connectivity index (χ0n) is 18.3. The highest BCUT2D eigenvalue weighted by atomic mass is 19.4. The SMILES string of the molecule is FC(F)(F)c1cccc(/C=N/[C@@H]2C3CCN(CC3)[C@H]2C(c2ccccc2)c2ccccc2)c1. The Balaban J connectivity index is 1.53. The summed E-state index contributed by atoms with van der Waals surface area (Å²) < 4.78 is 39.5. The predicted octanol–water partition coefficient (Wildman–Crippen LogP) is 6.42. The van der Waals surface area contributed by atoms with Crippen LogP contribution in [0.3, 0.4) is 0 Å². The first-order valence-corrected chi connectivity index (χ1v) is 11.5. The predicted molar refractivity (Wildman–Crippen MR) is 126 cm³/mol. The summed E-state index contributed by atoms with van der Waals surface area (Å²) >= 11 is 0. The van der Waals surface area contributed by atoms with E-state index in [0.717, 1.165) is 32.0 Å². The van der Waals surface area contributed by atoms with Crippen LogP contribution in [0.4, 0.5) is 13.2 Å². The van der Waals surface area contributed by atoms with E-state index >= 15 is 0 Å². The molecule has 0 spiro atoms. The number of nitrogens with zero attached hydrogens (tertiary/aromatic N) is 2. The van der Waals surface area contributed by atoms with Crippen LogP contribution in [-0.4, -0.2) is 36.3 Å². The molecule has 2 bridgehead atoms. The third-order valence-corrected chi connectivity index (χ3v) is 7.10. The molecule has 0 amide bonds. The van der Waals surface area contributed by atoms with Crippen LogP contribution in [0, 0.1) is 5.92 Å². The molecule has 3 fully saturated rings. The lowest BCUT2D eigenvalue weighted by Gasteiger charge is -2.52. The highest BCUT2D eigenvalue weighted by Gasteiger charge is 2.46. The molecule has 0 aromatic heterocycles. The molecule has 0 saturated carbocycles. The van der Waals surface area contributed by atoms with Crippen molar-refractivity contribution in [3.8, 4) is 0 Å². The van der Waals surface area contributed by atoms with Gasteiger partial charge in [-0.2, -0.15) is 13.2 Å². The summed E-state index contributed by atoms with van der Waals surface area (Å²) in [5, 5.41) is 0. The Morgan fingerprint density at radius 1 is 0.818 bits per heavy atom. The number of benzene rings is 3. The van der Waals surface area contributed by atoms with Crippen molar-refractivity contribution in [1.82, 2.24) is 4.90 Å². The molecule has 0 N–H and O–H groups in total. The van der Waals surface area contributed by atoms with E-state index in [0.29, 0.717) is 11.5 Å². The second kappa shape index (κ2) is 9.14. The van der Waals surface area contributed by atoms with Gasteiger partial charge in [-0.25, -0.2) is 0 Å². The van der Waals surface area contributed by atoms with E-state index in [9.17, 15) is 13.2 Å². The van der Waals surface area contributed by atoms with Crippen molar-refractivity contribution in [1.29, 1.82) is 0 Å². The number of fused-ring (bicyclic) bond motifs is 3. The van der Waals surface area contributed by atoms with E-state index in [-0.39, 0.29) is 18.0 Å². The molecule has 3 aliphatic rings. The van der Waals surface area contributed by atoms with Gasteiger partial charge in [-0.1, -0.05) is 72.8 Å². The largest absolute Gasteiger partial charge is 0.416 e. The Morgan fingerprint density at radius 2 is 1.42 bits per heavy atom. The Morgan fingerprint density at radius 3 is 2.00 bits per heavy atom. The molecule has 5 heteroatoms. The van der Waals surface area contributed by atoms with Gasteiger partial charge in [0.1, 0.15) is 0 Å². The van der Waals surface area contributed by atoms with Crippen LogP contribution in [0.25, 0.3) is 0 Å². The number of halogens is 3. The average Bonchev–Trinajstić information content (AvgIpc) is 2.85. The maximum atomic E-state index is 13.2. The first kappa shape index (κ1) is 21.9. The van der Waals surface area contributed by atoms with Gasteiger partial charge in [0.25, 0.3) is 0 Å². The molecule has 3 saturated heterocycles. The summed E-state index contributed by atoms with van der Waals surface area (Å²) in [6.45, 7) is 2.09. The van der Waals surface area contributed by atoms with E-state index in [2.05, 4.69) is 53.4 Å². The lowest BCUT2D eigenvalue weighted by Crippen LogP contribution is -2.59. The molecular weight excluding hydrogens is 421 g/mol. The van der Waals surface area contributed by atoms with Crippen molar-refractivity contribution in [3.05, 3.63) is 107 Å². The fourth-order valence-electron chi connectivity index (χ4n) is 5.55. The van der Waals surface area contributed by atoms with Crippen LogP contribution in [0.5, 0.6) is 0 Å². The van der Waals surface area contributed by atoms with Crippen LogP contribution < -0.4 is 0 Å². The molecule has 0 unspecified atom stereocenters. The van der Waals surface area contributed by atoms with Gasteiger partial charge in [0.15, 0.2) is 0 Å². The lowest BCUT2D eigenvalue weighted by molar-refractivity contribution is -0.137. The first-order valence-electron chi connectivity index (χ1n) is 11.5. The quantitative estimate of drug-likeness (QED) is 0.411. The van der Waals surface area contributed by atoms with Gasteiger partial charge < -0.3 is 0 Å². The summed E-state index contributed by atoms with van der Waals surface area (Å²) in [5.74, 6) is 0.594. The Labute approximate surface area is 192 Å². The Bertz CT molecular complexity index is 1050. The van der Waals surface area contributed by atoms with Crippen molar-refractivity contribution in [2.75, 3.05) is 13.1 Å². The van der Waals surface area contributed by atoms with Crippen LogP contribution in [0.15, 0.2) is 89.9 Å². The van der Waals surface area contributed by atoms with Crippen LogP contribution in [-0.2, 0) is 6.18 Å². The molecule has 2 nitrogen and oxygen atoms in total. The summed E-state index contributed by atoms with van der Waals surface area (Å²) in [6, 6.07) is 26.7. The Hall–Kier alpha value is -2.92. The van der Waals surface area contributed by atoms with Gasteiger partial charge in [-0.15, -0.1) is 0 Å². The lowest BCUT2D eigenvalue weighted by atomic mass is 9.71. The smallest absolute Gasteiger partial charge is 0.297 e. The fraction of sp³-hybridized carbons (Fsp3) is 0.321. The topological polar surface area (TPSA) is 15.6 Å². The van der Waals surface area contributed by atoms with E-state index in [1.807, 2.05) is 12.1 Å². The highest BCUT2D eigenvalue weighted by molar-refractivity contribution is 5.80. The normalized spacial score (nSPS) is 25.1. The van der Waals surface area contributed by atoms with Crippen LogP contribution >= 0.6 is 0 Å². The van der Waals surface area contributed by atoms with Crippen molar-refractivity contribution in [2.24, 2.45) is 10.9 Å². The van der Waals surface area contributed by atoms with E-state index in [1.54, 1.807) is 12.3 Å². The van der Waals surface area contributed by atoms with Gasteiger partial charge in [0.05, 0.1) is 11.6 Å². The summed E-state index contributed by atoms with van der Waals surface area (Å²) in [5.41, 5.74) is 2.36. The summed E-state index contributed by atoms with van der Waals surface area (Å²) in [4.78, 5) is 7.52. The van der Waals surface area contributed by atoms with Crippen molar-refractivity contribution in [3.63, 3.8) is 0 Å². The zero-order chi connectivity index (χ0) is 22.8. The van der Waals surface area contributed by atoms with Crippen molar-refractivity contribution in [2.45, 2.75) is 37.0 Å². The number of aliphatic imine (C=N–C) groups is 1. The maximum Gasteiger partial charge on any atom is 0.416 e. The maximum absolute atomic E-state index is 13.2. The van der Waals surface area contributed by atoms with E-state index < -0.39 is 11.7 Å². The van der Waals surface area contributed by atoms with Crippen LogP contribution in [0.2, 0.25) is 0 Å². The molecule has 3 heterocycles. The molecule has 33 heavy (non-hydrogen) atoms. The zero-order valence-corrected chi connectivity index (χ0v) is 18.3. The standard InChI is InChI=1S/C28H27F3N2/c29-28(30,31)24-13-7-8-20(18-24)19-32-26-23-14-16-33(17-15-23)27(26)25(21-9-3-1-4-10-21)22-11-5-2-6-12-22/h1-13,18-19,23,25-27H,14-17H2/b32-19+/t26-,27+/m1/s1. The molecule has 3 aromatic carbocycles. The van der Waals surface area contributed by atoms with Gasteiger partial charge in [-0.05, 0) is 60.7 Å². The molecule has 0 aliphatic carbocycles. The second-order valence-corrected chi connectivity index (χ2v) is 9.06. The van der Waals surface area contributed by atoms with E-state index in [4.69, 9.17) is 4.99 Å². The monoisotopic (exact) mass is 448 g/mol. The molecule has 2 atom stereocenters. The summed E-state index contributed by atoms with van der Waals surface area (Å²) in [7, 11) is 0. The molecular formula is C28H27F3N2. The highest BCUT2D eigenvalue weighted by Crippen LogP contribution is 2.43. The number of piperidine rings is 3. The van der Waals surface area contributed by atoms with Gasteiger partial charge in [0.2, 0.25) is 0 Å². The minimum atomic E-state index is -4.35. The molecule has 6 rings (SSSR count). The van der Waals surface area contributed by atoms with Gasteiger partial charge in [-0.3, -0.25) is 9.89 Å². The minimum absolute atomic E-state index is 0.0347. The van der Waals surface area contributed by atoms with Crippen molar-refractivity contribution >= 4 is 6.21 Å². The number of alkyl halides is 3.